The summed E-state index contributed by atoms with van der Waals surface area (Å²) >= 11 is 0. The molecule has 1 unspecified atom stereocenters. The van der Waals surface area contributed by atoms with E-state index in [1.807, 2.05) is 0 Å². The number of hydrogen-bond donors (Lipinski definition) is 2. The maximum atomic E-state index is 12.2. The van der Waals surface area contributed by atoms with Crippen LogP contribution in [0.2, 0.25) is 0 Å². The standard InChI is InChI=1S/C13H20N2O3S/c1-13(2,3)15-19(16,17)9-4-5-12-10(8-9)11(14)6-7-18-12/h4-5,8,11,15H,6-7,14H2,1-3H3. The Morgan fingerprint density at radius 2 is 2.05 bits per heavy atom. The molecule has 0 saturated heterocycles. The second kappa shape index (κ2) is 4.77. The van der Waals surface area contributed by atoms with E-state index in [0.717, 1.165) is 5.56 Å². The lowest BCUT2D eigenvalue weighted by molar-refractivity contribution is 0.268. The lowest BCUT2D eigenvalue weighted by atomic mass is 10.0. The van der Waals surface area contributed by atoms with Crippen LogP contribution in [-0.4, -0.2) is 20.6 Å². The van der Waals surface area contributed by atoms with Gasteiger partial charge in [-0.3, -0.25) is 0 Å². The van der Waals surface area contributed by atoms with E-state index in [0.29, 0.717) is 18.8 Å². The van der Waals surface area contributed by atoms with Crippen molar-refractivity contribution in [2.24, 2.45) is 5.73 Å². The smallest absolute Gasteiger partial charge is 0.241 e. The molecule has 0 spiro atoms. The van der Waals surface area contributed by atoms with Crippen molar-refractivity contribution in [3.63, 3.8) is 0 Å². The van der Waals surface area contributed by atoms with E-state index >= 15 is 0 Å². The second-order valence-corrected chi connectivity index (χ2v) is 7.48. The molecule has 3 N–H and O–H groups in total. The summed E-state index contributed by atoms with van der Waals surface area (Å²) in [6, 6.07) is 4.65. The van der Waals surface area contributed by atoms with Crippen molar-refractivity contribution in [1.29, 1.82) is 0 Å². The van der Waals surface area contributed by atoms with Gasteiger partial charge in [0.05, 0.1) is 11.5 Å². The van der Waals surface area contributed by atoms with Crippen LogP contribution >= 0.6 is 0 Å². The highest BCUT2D eigenvalue weighted by molar-refractivity contribution is 7.89. The fraction of sp³-hybridized carbons (Fsp3) is 0.538. The van der Waals surface area contributed by atoms with Gasteiger partial charge in [0.25, 0.3) is 0 Å². The minimum atomic E-state index is -3.54. The minimum Gasteiger partial charge on any atom is -0.493 e. The van der Waals surface area contributed by atoms with Crippen LogP contribution in [0.4, 0.5) is 0 Å². The predicted molar refractivity (Wildman–Crippen MR) is 73.6 cm³/mol. The average Bonchev–Trinajstić information content (AvgIpc) is 2.26. The third-order valence-corrected chi connectivity index (χ3v) is 4.57. The number of sulfonamides is 1. The molecule has 0 bridgehead atoms. The Labute approximate surface area is 114 Å². The number of nitrogens with one attached hydrogen (secondary N) is 1. The normalized spacial score (nSPS) is 19.7. The summed E-state index contributed by atoms with van der Waals surface area (Å²) in [5, 5.41) is 0. The third kappa shape index (κ3) is 3.26. The summed E-state index contributed by atoms with van der Waals surface area (Å²) in [5.74, 6) is 0.674. The van der Waals surface area contributed by atoms with Crippen molar-refractivity contribution in [3.05, 3.63) is 23.8 Å². The zero-order valence-corrected chi connectivity index (χ0v) is 12.3. The van der Waals surface area contributed by atoms with Crippen LogP contribution in [0.25, 0.3) is 0 Å². The SMILES string of the molecule is CC(C)(C)NS(=O)(=O)c1ccc2c(c1)C(N)CCO2. The van der Waals surface area contributed by atoms with Gasteiger partial charge in [-0.05, 0) is 39.0 Å². The monoisotopic (exact) mass is 284 g/mol. The van der Waals surface area contributed by atoms with E-state index in [4.69, 9.17) is 10.5 Å². The molecule has 1 aromatic rings. The van der Waals surface area contributed by atoms with Crippen LogP contribution in [0.5, 0.6) is 5.75 Å². The average molecular weight is 284 g/mol. The second-order valence-electron chi connectivity index (χ2n) is 5.80. The van der Waals surface area contributed by atoms with Gasteiger partial charge in [0, 0.05) is 23.6 Å². The number of fused-ring (bicyclic) bond motifs is 1. The molecule has 0 radical (unpaired) electrons. The molecule has 5 nitrogen and oxygen atoms in total. The zero-order valence-electron chi connectivity index (χ0n) is 11.4. The number of rotatable bonds is 2. The van der Waals surface area contributed by atoms with Crippen LogP contribution < -0.4 is 15.2 Å². The van der Waals surface area contributed by atoms with Gasteiger partial charge < -0.3 is 10.5 Å². The molecule has 1 aliphatic heterocycles. The molecule has 19 heavy (non-hydrogen) atoms. The van der Waals surface area contributed by atoms with E-state index in [1.54, 1.807) is 39.0 Å². The predicted octanol–water partition coefficient (Wildman–Crippen LogP) is 1.55. The molecule has 1 atom stereocenters. The summed E-state index contributed by atoms with van der Waals surface area (Å²) in [6.45, 7) is 5.98. The highest BCUT2D eigenvalue weighted by Gasteiger charge is 2.25. The van der Waals surface area contributed by atoms with E-state index in [2.05, 4.69) is 4.72 Å². The van der Waals surface area contributed by atoms with E-state index < -0.39 is 15.6 Å². The molecule has 0 saturated carbocycles. The van der Waals surface area contributed by atoms with Crippen molar-refractivity contribution in [1.82, 2.24) is 4.72 Å². The first-order chi connectivity index (χ1) is 8.69. The van der Waals surface area contributed by atoms with Crippen molar-refractivity contribution in [2.45, 2.75) is 43.7 Å². The highest BCUT2D eigenvalue weighted by Crippen LogP contribution is 2.32. The Kier molecular flexibility index (Phi) is 3.59. The molecule has 106 valence electrons. The van der Waals surface area contributed by atoms with Crippen molar-refractivity contribution >= 4 is 10.0 Å². The van der Waals surface area contributed by atoms with Gasteiger partial charge in [0.15, 0.2) is 0 Å². The van der Waals surface area contributed by atoms with Crippen molar-refractivity contribution in [3.8, 4) is 5.75 Å². The highest BCUT2D eigenvalue weighted by atomic mass is 32.2. The lowest BCUT2D eigenvalue weighted by Gasteiger charge is -2.24. The fourth-order valence-corrected chi connectivity index (χ4v) is 3.48. The molecule has 1 aromatic carbocycles. The van der Waals surface area contributed by atoms with E-state index in [1.165, 1.54) is 0 Å². The summed E-state index contributed by atoms with van der Waals surface area (Å²) in [7, 11) is -3.54. The Morgan fingerprint density at radius 1 is 1.37 bits per heavy atom. The molecule has 1 aliphatic rings. The fourth-order valence-electron chi connectivity index (χ4n) is 2.03. The summed E-state index contributed by atoms with van der Waals surface area (Å²) < 4.78 is 32.6. The minimum absolute atomic E-state index is 0.173. The Morgan fingerprint density at radius 3 is 2.68 bits per heavy atom. The van der Waals surface area contributed by atoms with Crippen molar-refractivity contribution in [2.75, 3.05) is 6.61 Å². The molecular formula is C13H20N2O3S. The molecule has 1 heterocycles. The van der Waals surface area contributed by atoms with Gasteiger partial charge in [-0.1, -0.05) is 0 Å². The summed E-state index contributed by atoms with van der Waals surface area (Å²) in [4.78, 5) is 0.224. The van der Waals surface area contributed by atoms with Gasteiger partial charge in [-0.25, -0.2) is 13.1 Å². The molecule has 0 aromatic heterocycles. The zero-order chi connectivity index (χ0) is 14.3. The van der Waals surface area contributed by atoms with Gasteiger partial charge in [0.2, 0.25) is 10.0 Å². The maximum Gasteiger partial charge on any atom is 0.241 e. The van der Waals surface area contributed by atoms with E-state index in [9.17, 15) is 8.42 Å². The third-order valence-electron chi connectivity index (χ3n) is 2.82. The lowest BCUT2D eigenvalue weighted by Crippen LogP contribution is -2.40. The Hall–Kier alpha value is -1.11. The number of nitrogens with two attached hydrogens (primary N) is 1. The van der Waals surface area contributed by atoms with Gasteiger partial charge in [-0.2, -0.15) is 0 Å². The van der Waals surface area contributed by atoms with Crippen molar-refractivity contribution < 1.29 is 13.2 Å². The number of hydrogen-bond acceptors (Lipinski definition) is 4. The van der Waals surface area contributed by atoms with Crippen LogP contribution in [0, 0.1) is 0 Å². The molecule has 0 amide bonds. The summed E-state index contributed by atoms with van der Waals surface area (Å²) in [6.07, 6.45) is 0.698. The maximum absolute atomic E-state index is 12.2. The first-order valence-corrected chi connectivity index (χ1v) is 7.74. The van der Waals surface area contributed by atoms with E-state index in [-0.39, 0.29) is 10.9 Å². The molecule has 2 rings (SSSR count). The molecular weight excluding hydrogens is 264 g/mol. The number of ether oxygens (including phenoxy) is 1. The molecule has 0 fully saturated rings. The van der Waals surface area contributed by atoms with Crippen LogP contribution in [0.3, 0.4) is 0 Å². The van der Waals surface area contributed by atoms with Gasteiger partial charge >= 0.3 is 0 Å². The van der Waals surface area contributed by atoms with Gasteiger partial charge in [0.1, 0.15) is 5.75 Å². The number of benzene rings is 1. The first kappa shape index (κ1) is 14.3. The Bertz CT molecular complexity index is 576. The first-order valence-electron chi connectivity index (χ1n) is 6.25. The van der Waals surface area contributed by atoms with Crippen LogP contribution in [0.15, 0.2) is 23.1 Å². The van der Waals surface area contributed by atoms with Crippen LogP contribution in [-0.2, 0) is 10.0 Å². The molecule has 0 aliphatic carbocycles. The Balaban J connectivity index is 2.39. The van der Waals surface area contributed by atoms with Gasteiger partial charge in [-0.15, -0.1) is 0 Å². The largest absolute Gasteiger partial charge is 0.493 e. The summed E-state index contributed by atoms with van der Waals surface area (Å²) in [5.41, 5.74) is 6.22. The topological polar surface area (TPSA) is 81.4 Å². The molecule has 6 heteroatoms. The van der Waals surface area contributed by atoms with Crippen LogP contribution in [0.1, 0.15) is 38.8 Å². The quantitative estimate of drug-likeness (QED) is 0.863.